The third-order valence-electron chi connectivity index (χ3n) is 3.22. The van der Waals surface area contributed by atoms with E-state index in [0.29, 0.717) is 24.4 Å². The molecule has 0 radical (unpaired) electrons. The SMILES string of the molecule is CCCC(C)(O)CNCc1cc(=O)n2ccccc2n1. The minimum Gasteiger partial charge on any atom is -0.389 e. The molecule has 0 aliphatic carbocycles. The third kappa shape index (κ3) is 3.65. The molecule has 5 heteroatoms. The van der Waals surface area contributed by atoms with Crippen LogP contribution < -0.4 is 10.9 Å². The Hall–Kier alpha value is -1.72. The Balaban J connectivity index is 2.06. The van der Waals surface area contributed by atoms with Crippen LogP contribution in [0.1, 0.15) is 32.4 Å². The van der Waals surface area contributed by atoms with Gasteiger partial charge in [-0.2, -0.15) is 0 Å². The van der Waals surface area contributed by atoms with Crippen LogP contribution in [0, 0.1) is 0 Å². The summed E-state index contributed by atoms with van der Waals surface area (Å²) >= 11 is 0. The number of rotatable bonds is 6. The standard InChI is InChI=1S/C15H21N3O2/c1-3-7-15(2,20)11-16-10-12-9-14(19)18-8-5-4-6-13(18)17-12/h4-6,8-9,16,20H,3,7,10-11H2,1-2H3. The number of pyridine rings is 1. The van der Waals surface area contributed by atoms with Crippen molar-refractivity contribution in [2.45, 2.75) is 38.8 Å². The normalized spacial score (nSPS) is 14.3. The topological polar surface area (TPSA) is 66.6 Å². The molecule has 0 aliphatic heterocycles. The lowest BCUT2D eigenvalue weighted by Crippen LogP contribution is -2.37. The molecule has 0 saturated heterocycles. The Kier molecular flexibility index (Phi) is 4.52. The third-order valence-corrected chi connectivity index (χ3v) is 3.22. The van der Waals surface area contributed by atoms with E-state index >= 15 is 0 Å². The number of hydrogen-bond acceptors (Lipinski definition) is 4. The predicted molar refractivity (Wildman–Crippen MR) is 78.7 cm³/mol. The molecule has 2 N–H and O–H groups in total. The Bertz CT molecular complexity index is 634. The second kappa shape index (κ2) is 6.15. The lowest BCUT2D eigenvalue weighted by atomic mass is 10.0. The number of fused-ring (bicyclic) bond motifs is 1. The molecule has 1 unspecified atom stereocenters. The molecule has 5 nitrogen and oxygen atoms in total. The van der Waals surface area contributed by atoms with E-state index in [2.05, 4.69) is 10.3 Å². The van der Waals surface area contributed by atoms with E-state index in [-0.39, 0.29) is 5.56 Å². The molecule has 2 heterocycles. The van der Waals surface area contributed by atoms with Crippen LogP contribution in [-0.4, -0.2) is 26.6 Å². The van der Waals surface area contributed by atoms with Gasteiger partial charge < -0.3 is 10.4 Å². The molecule has 2 rings (SSSR count). The summed E-state index contributed by atoms with van der Waals surface area (Å²) in [5.74, 6) is 0. The second-order valence-electron chi connectivity index (χ2n) is 5.37. The Morgan fingerprint density at radius 3 is 3.00 bits per heavy atom. The van der Waals surface area contributed by atoms with Crippen molar-refractivity contribution in [3.8, 4) is 0 Å². The van der Waals surface area contributed by atoms with Gasteiger partial charge in [0, 0.05) is 25.4 Å². The molecule has 0 amide bonds. The van der Waals surface area contributed by atoms with E-state index in [9.17, 15) is 9.90 Å². The summed E-state index contributed by atoms with van der Waals surface area (Å²) in [5, 5.41) is 13.2. The Labute approximate surface area is 118 Å². The first kappa shape index (κ1) is 14.7. The van der Waals surface area contributed by atoms with Crippen LogP contribution in [0.25, 0.3) is 5.65 Å². The highest BCUT2D eigenvalue weighted by atomic mass is 16.3. The average molecular weight is 275 g/mol. The minimum atomic E-state index is -0.722. The highest BCUT2D eigenvalue weighted by Crippen LogP contribution is 2.10. The molecule has 2 aromatic heterocycles. The van der Waals surface area contributed by atoms with Gasteiger partial charge in [-0.1, -0.05) is 19.4 Å². The van der Waals surface area contributed by atoms with Crippen molar-refractivity contribution in [3.63, 3.8) is 0 Å². The van der Waals surface area contributed by atoms with E-state index in [1.165, 1.54) is 10.5 Å². The van der Waals surface area contributed by atoms with Gasteiger partial charge in [0.15, 0.2) is 0 Å². The quantitative estimate of drug-likeness (QED) is 0.835. The van der Waals surface area contributed by atoms with Gasteiger partial charge in [-0.05, 0) is 25.5 Å². The molecular formula is C15H21N3O2. The molecule has 1 atom stereocenters. The fourth-order valence-electron chi connectivity index (χ4n) is 2.28. The van der Waals surface area contributed by atoms with E-state index in [4.69, 9.17) is 0 Å². The molecule has 0 aromatic carbocycles. The fourth-order valence-corrected chi connectivity index (χ4v) is 2.28. The molecule has 0 saturated carbocycles. The maximum Gasteiger partial charge on any atom is 0.258 e. The number of hydrogen-bond donors (Lipinski definition) is 2. The van der Waals surface area contributed by atoms with Crippen molar-refractivity contribution in [2.24, 2.45) is 0 Å². The zero-order valence-corrected chi connectivity index (χ0v) is 12.0. The van der Waals surface area contributed by atoms with E-state index in [1.807, 2.05) is 19.9 Å². The van der Waals surface area contributed by atoms with Crippen LogP contribution >= 0.6 is 0 Å². The first-order valence-electron chi connectivity index (χ1n) is 6.92. The van der Waals surface area contributed by atoms with Crippen LogP contribution in [0.4, 0.5) is 0 Å². The summed E-state index contributed by atoms with van der Waals surface area (Å²) in [6.45, 7) is 4.81. The van der Waals surface area contributed by atoms with Crippen molar-refractivity contribution < 1.29 is 5.11 Å². The van der Waals surface area contributed by atoms with E-state index in [0.717, 1.165) is 12.8 Å². The summed E-state index contributed by atoms with van der Waals surface area (Å²) < 4.78 is 1.51. The summed E-state index contributed by atoms with van der Waals surface area (Å²) in [5.41, 5.74) is 0.513. The van der Waals surface area contributed by atoms with Crippen molar-refractivity contribution in [3.05, 3.63) is 46.5 Å². The van der Waals surface area contributed by atoms with Crippen LogP contribution in [0.2, 0.25) is 0 Å². The molecule has 0 spiro atoms. The Morgan fingerprint density at radius 1 is 1.45 bits per heavy atom. The molecule has 108 valence electrons. The largest absolute Gasteiger partial charge is 0.389 e. The molecule has 0 fully saturated rings. The van der Waals surface area contributed by atoms with Gasteiger partial charge in [0.2, 0.25) is 0 Å². The van der Waals surface area contributed by atoms with Crippen molar-refractivity contribution in [1.82, 2.24) is 14.7 Å². The maximum atomic E-state index is 11.9. The van der Waals surface area contributed by atoms with Gasteiger partial charge in [0.05, 0.1) is 11.3 Å². The molecular weight excluding hydrogens is 254 g/mol. The van der Waals surface area contributed by atoms with Crippen LogP contribution in [-0.2, 0) is 6.54 Å². The number of nitrogens with one attached hydrogen (secondary N) is 1. The highest BCUT2D eigenvalue weighted by Gasteiger charge is 2.18. The predicted octanol–water partition coefficient (Wildman–Crippen LogP) is 1.34. The van der Waals surface area contributed by atoms with Crippen molar-refractivity contribution in [2.75, 3.05) is 6.54 Å². The van der Waals surface area contributed by atoms with Crippen molar-refractivity contribution in [1.29, 1.82) is 0 Å². The van der Waals surface area contributed by atoms with Gasteiger partial charge in [-0.3, -0.25) is 9.20 Å². The zero-order valence-electron chi connectivity index (χ0n) is 12.0. The van der Waals surface area contributed by atoms with Crippen LogP contribution in [0.3, 0.4) is 0 Å². The number of nitrogens with zero attached hydrogens (tertiary/aromatic N) is 2. The first-order valence-corrected chi connectivity index (χ1v) is 6.92. The highest BCUT2D eigenvalue weighted by molar-refractivity contribution is 5.37. The monoisotopic (exact) mass is 275 g/mol. The lowest BCUT2D eigenvalue weighted by Gasteiger charge is -2.22. The zero-order chi connectivity index (χ0) is 14.6. The Morgan fingerprint density at radius 2 is 2.25 bits per heavy atom. The van der Waals surface area contributed by atoms with E-state index in [1.54, 1.807) is 18.3 Å². The maximum absolute atomic E-state index is 11.9. The summed E-state index contributed by atoms with van der Waals surface area (Å²) in [6.07, 6.45) is 3.38. The minimum absolute atomic E-state index is 0.0901. The van der Waals surface area contributed by atoms with Gasteiger partial charge in [0.1, 0.15) is 5.65 Å². The molecule has 0 bridgehead atoms. The molecule has 20 heavy (non-hydrogen) atoms. The van der Waals surface area contributed by atoms with Crippen molar-refractivity contribution >= 4 is 5.65 Å². The van der Waals surface area contributed by atoms with Gasteiger partial charge in [0.25, 0.3) is 5.56 Å². The number of aromatic nitrogens is 2. The fraction of sp³-hybridized carbons (Fsp3) is 0.467. The second-order valence-corrected chi connectivity index (χ2v) is 5.37. The van der Waals surface area contributed by atoms with E-state index < -0.39 is 5.60 Å². The summed E-state index contributed by atoms with van der Waals surface area (Å²) in [7, 11) is 0. The number of aliphatic hydroxyl groups is 1. The van der Waals surface area contributed by atoms with Gasteiger partial charge in [-0.25, -0.2) is 4.98 Å². The summed E-state index contributed by atoms with van der Waals surface area (Å²) in [6, 6.07) is 6.98. The smallest absolute Gasteiger partial charge is 0.258 e. The molecule has 0 aliphatic rings. The van der Waals surface area contributed by atoms with Crippen LogP contribution in [0.15, 0.2) is 35.3 Å². The summed E-state index contributed by atoms with van der Waals surface area (Å²) in [4.78, 5) is 16.3. The molecule has 2 aromatic rings. The lowest BCUT2D eigenvalue weighted by molar-refractivity contribution is 0.0497. The van der Waals surface area contributed by atoms with Gasteiger partial charge >= 0.3 is 0 Å². The average Bonchev–Trinajstić information content (AvgIpc) is 2.38. The van der Waals surface area contributed by atoms with Crippen LogP contribution in [0.5, 0.6) is 0 Å². The first-order chi connectivity index (χ1) is 9.52. The van der Waals surface area contributed by atoms with Gasteiger partial charge in [-0.15, -0.1) is 0 Å².